The molecule has 3 aliphatic rings. The van der Waals surface area contributed by atoms with Crippen molar-refractivity contribution in [3.8, 4) is 11.3 Å². The molecule has 4 rings (SSSR count). The van der Waals surface area contributed by atoms with Gasteiger partial charge in [-0.3, -0.25) is 4.79 Å². The van der Waals surface area contributed by atoms with E-state index in [0.29, 0.717) is 5.57 Å². The minimum atomic E-state index is -0.0736. The normalized spacial score (nSPS) is 14.8. The lowest BCUT2D eigenvalue weighted by atomic mass is 10.0. The highest BCUT2D eigenvalue weighted by atomic mass is 16.2. The van der Waals surface area contributed by atoms with E-state index in [1.807, 2.05) is 79.7 Å². The first-order valence-corrected chi connectivity index (χ1v) is 7.83. The number of hydrogen-bond acceptors (Lipinski definition) is 3. The van der Waals surface area contributed by atoms with Crippen molar-refractivity contribution in [3.63, 3.8) is 0 Å². The van der Waals surface area contributed by atoms with Gasteiger partial charge in [-0.1, -0.05) is 42.5 Å². The van der Waals surface area contributed by atoms with Crippen LogP contribution in [0, 0.1) is 0 Å². The van der Waals surface area contributed by atoms with Crippen LogP contribution in [0.1, 0.15) is 11.1 Å². The molecule has 0 atom stereocenters. The largest absolute Gasteiger partial charge is 0.362 e. The van der Waals surface area contributed by atoms with Gasteiger partial charge in [-0.05, 0) is 18.2 Å². The van der Waals surface area contributed by atoms with Crippen LogP contribution in [0.25, 0.3) is 22.9 Å². The fourth-order valence-electron chi connectivity index (χ4n) is 3.07. The van der Waals surface area contributed by atoms with Crippen LogP contribution in [0.4, 0.5) is 11.5 Å². The molecule has 24 heavy (non-hydrogen) atoms. The van der Waals surface area contributed by atoms with E-state index in [2.05, 4.69) is 5.32 Å². The topological polar surface area (TPSA) is 45.2 Å². The zero-order valence-electron chi connectivity index (χ0n) is 13.6. The number of aromatic nitrogens is 1. The Hall–Kier alpha value is -3.14. The Labute approximate surface area is 140 Å². The number of hydrogen-bond donors (Lipinski definition) is 1. The van der Waals surface area contributed by atoms with Gasteiger partial charge in [0.2, 0.25) is 0 Å². The Morgan fingerprint density at radius 1 is 0.958 bits per heavy atom. The van der Waals surface area contributed by atoms with Crippen molar-refractivity contribution >= 4 is 29.1 Å². The van der Waals surface area contributed by atoms with Crippen molar-refractivity contribution in [2.75, 3.05) is 24.3 Å². The summed E-state index contributed by atoms with van der Waals surface area (Å²) in [7, 11) is 3.93. The highest BCUT2D eigenvalue weighted by Gasteiger charge is 2.25. The SMILES string of the molecule is CN(C)c1nc2cccccc-2c1C=C1C(=O)Nc2ccccc21. The number of amides is 1. The molecule has 1 N–H and O–H groups in total. The van der Waals surface area contributed by atoms with Crippen LogP contribution in [0.15, 0.2) is 54.6 Å². The molecule has 4 nitrogen and oxygen atoms in total. The van der Waals surface area contributed by atoms with Gasteiger partial charge >= 0.3 is 0 Å². The van der Waals surface area contributed by atoms with Gasteiger partial charge in [0.25, 0.3) is 5.91 Å². The van der Waals surface area contributed by atoms with Crippen LogP contribution < -0.4 is 10.2 Å². The average molecular weight is 315 g/mol. The Morgan fingerprint density at radius 3 is 2.50 bits per heavy atom. The molecule has 1 amide bonds. The van der Waals surface area contributed by atoms with Crippen molar-refractivity contribution in [2.24, 2.45) is 0 Å². The highest BCUT2D eigenvalue weighted by Crippen LogP contribution is 2.38. The van der Waals surface area contributed by atoms with Crippen molar-refractivity contribution < 1.29 is 4.79 Å². The standard InChI is InChI=1S/C20H17N3O/c1-23(2)19-15(13-8-4-3-5-10-17(13)21-19)12-16-14-9-6-7-11-18(14)22-20(16)24/h3-12H,1-2H3,(H,22,24). The first kappa shape index (κ1) is 14.5. The Morgan fingerprint density at radius 2 is 1.67 bits per heavy atom. The van der Waals surface area contributed by atoms with Crippen LogP contribution in [-0.4, -0.2) is 25.0 Å². The molecule has 0 unspecified atom stereocenters. The Bertz CT molecular complexity index is 943. The van der Waals surface area contributed by atoms with Crippen molar-refractivity contribution in [1.82, 2.24) is 4.98 Å². The van der Waals surface area contributed by atoms with Crippen molar-refractivity contribution in [1.29, 1.82) is 0 Å². The van der Waals surface area contributed by atoms with Gasteiger partial charge in [-0.25, -0.2) is 4.98 Å². The second-order valence-electron chi connectivity index (χ2n) is 6.01. The van der Waals surface area contributed by atoms with Gasteiger partial charge in [0, 0.05) is 42.0 Å². The van der Waals surface area contributed by atoms with E-state index in [4.69, 9.17) is 4.98 Å². The van der Waals surface area contributed by atoms with E-state index in [1.54, 1.807) is 0 Å². The summed E-state index contributed by atoms with van der Waals surface area (Å²) in [5.74, 6) is 0.788. The number of nitrogens with one attached hydrogen (secondary N) is 1. The van der Waals surface area contributed by atoms with Gasteiger partial charge in [0.15, 0.2) is 0 Å². The molecule has 0 saturated heterocycles. The number of benzene rings is 1. The number of anilines is 2. The Balaban J connectivity index is 1.95. The average Bonchev–Trinajstić information content (AvgIpc) is 2.96. The predicted molar refractivity (Wildman–Crippen MR) is 98.1 cm³/mol. The van der Waals surface area contributed by atoms with Crippen LogP contribution in [0.3, 0.4) is 0 Å². The molecule has 1 aromatic carbocycles. The third-order valence-electron chi connectivity index (χ3n) is 4.19. The van der Waals surface area contributed by atoms with Gasteiger partial charge in [0.05, 0.1) is 5.69 Å². The number of carbonyl (C=O) groups is 1. The minimum Gasteiger partial charge on any atom is -0.362 e. The summed E-state index contributed by atoms with van der Waals surface area (Å²) in [5, 5.41) is 2.92. The lowest BCUT2D eigenvalue weighted by molar-refractivity contribution is -0.110. The third kappa shape index (κ3) is 2.24. The quantitative estimate of drug-likeness (QED) is 0.733. The first-order chi connectivity index (χ1) is 11.6. The molecule has 0 radical (unpaired) electrons. The number of para-hydroxylation sites is 1. The van der Waals surface area contributed by atoms with E-state index < -0.39 is 0 Å². The minimum absolute atomic E-state index is 0.0736. The number of rotatable bonds is 2. The van der Waals surface area contributed by atoms with Gasteiger partial charge in [-0.15, -0.1) is 0 Å². The summed E-state index contributed by atoms with van der Waals surface area (Å²) < 4.78 is 0. The van der Waals surface area contributed by atoms with Crippen molar-refractivity contribution in [2.45, 2.75) is 0 Å². The monoisotopic (exact) mass is 315 g/mol. The van der Waals surface area contributed by atoms with Crippen LogP contribution in [-0.2, 0) is 4.79 Å². The molecule has 1 aromatic rings. The number of nitrogens with zero attached hydrogens (tertiary/aromatic N) is 2. The maximum Gasteiger partial charge on any atom is 0.256 e. The van der Waals surface area contributed by atoms with Crippen LogP contribution in [0.2, 0.25) is 0 Å². The fraction of sp³-hybridized carbons (Fsp3) is 0.100. The lowest BCUT2D eigenvalue weighted by Gasteiger charge is -2.10. The Kier molecular flexibility index (Phi) is 3.31. The van der Waals surface area contributed by atoms with E-state index in [1.165, 1.54) is 0 Å². The molecule has 0 fully saturated rings. The summed E-state index contributed by atoms with van der Waals surface area (Å²) in [6.07, 6.45) is 1.95. The third-order valence-corrected chi connectivity index (χ3v) is 4.19. The second kappa shape index (κ2) is 5.49. The predicted octanol–water partition coefficient (Wildman–Crippen LogP) is 3.75. The van der Waals surface area contributed by atoms with Gasteiger partial charge in [0.1, 0.15) is 5.82 Å². The molecule has 1 aliphatic carbocycles. The molecule has 0 bridgehead atoms. The maximum absolute atomic E-state index is 12.4. The summed E-state index contributed by atoms with van der Waals surface area (Å²) >= 11 is 0. The highest BCUT2D eigenvalue weighted by molar-refractivity contribution is 6.35. The van der Waals surface area contributed by atoms with Crippen LogP contribution >= 0.6 is 0 Å². The molecule has 0 spiro atoms. The number of fused-ring (bicyclic) bond motifs is 2. The molecule has 0 saturated carbocycles. The van der Waals surface area contributed by atoms with Crippen molar-refractivity contribution in [3.05, 3.63) is 65.7 Å². The molecular weight excluding hydrogens is 298 g/mol. The summed E-state index contributed by atoms with van der Waals surface area (Å²) in [5.41, 5.74) is 5.38. The molecule has 4 heteroatoms. The van der Waals surface area contributed by atoms with E-state index in [0.717, 1.165) is 33.9 Å². The van der Waals surface area contributed by atoms with Gasteiger partial charge in [-0.2, -0.15) is 0 Å². The first-order valence-electron chi connectivity index (χ1n) is 7.83. The second-order valence-corrected chi connectivity index (χ2v) is 6.01. The van der Waals surface area contributed by atoms with Crippen LogP contribution in [0.5, 0.6) is 0 Å². The summed E-state index contributed by atoms with van der Waals surface area (Å²) in [6.45, 7) is 0. The van der Waals surface area contributed by atoms with Gasteiger partial charge < -0.3 is 10.2 Å². The van der Waals surface area contributed by atoms with E-state index in [-0.39, 0.29) is 5.91 Å². The summed E-state index contributed by atoms with van der Waals surface area (Å²) in [6, 6.07) is 17.7. The number of carbonyl (C=O) groups excluding carboxylic acids is 1. The molecule has 118 valence electrons. The lowest BCUT2D eigenvalue weighted by Crippen LogP contribution is -2.10. The molecular formula is C20H17N3O. The zero-order valence-corrected chi connectivity index (χ0v) is 13.6. The summed E-state index contributed by atoms with van der Waals surface area (Å²) in [4.78, 5) is 19.1. The zero-order chi connectivity index (χ0) is 16.7. The van der Waals surface area contributed by atoms with E-state index in [9.17, 15) is 4.79 Å². The smallest absolute Gasteiger partial charge is 0.256 e. The molecule has 0 aromatic heterocycles. The maximum atomic E-state index is 12.4. The molecule has 2 aliphatic heterocycles. The van der Waals surface area contributed by atoms with E-state index >= 15 is 0 Å². The fourth-order valence-corrected chi connectivity index (χ4v) is 3.07. The molecule has 2 heterocycles.